The summed E-state index contributed by atoms with van der Waals surface area (Å²) in [6.45, 7) is 15.5. The van der Waals surface area contributed by atoms with Crippen LogP contribution >= 0.6 is 33.2 Å². The van der Waals surface area contributed by atoms with Crippen LogP contribution in [-0.2, 0) is 44.5 Å². The van der Waals surface area contributed by atoms with Gasteiger partial charge in [0.1, 0.15) is 40.7 Å². The number of nitrogens with zero attached hydrogens (tertiary/aromatic N) is 2. The van der Waals surface area contributed by atoms with Crippen molar-refractivity contribution >= 4 is 68.7 Å². The Bertz CT molecular complexity index is 1940. The minimum Gasteiger partial charge on any atom is -0.495 e. The number of carbonyl (C=O) groups excluding carboxylic acids is 5. The van der Waals surface area contributed by atoms with Gasteiger partial charge in [0.05, 0.1) is 25.3 Å². The third kappa shape index (κ3) is 14.5. The van der Waals surface area contributed by atoms with Crippen LogP contribution in [0.1, 0.15) is 112 Å². The second kappa shape index (κ2) is 24.7. The van der Waals surface area contributed by atoms with Gasteiger partial charge in [-0.05, 0) is 70.1 Å². The number of epoxide rings is 1. The van der Waals surface area contributed by atoms with Gasteiger partial charge in [-0.25, -0.2) is 9.59 Å². The van der Waals surface area contributed by atoms with Gasteiger partial charge >= 0.3 is 12.1 Å². The average molecular weight is 982 g/mol. The molecule has 3 aliphatic heterocycles. The molecular weight excluding hydrogens is 908 g/mol. The van der Waals surface area contributed by atoms with Crippen molar-refractivity contribution in [1.82, 2.24) is 15.5 Å². The monoisotopic (exact) mass is 980 g/mol. The number of nitrogens with one attached hydrogen (secondary N) is 2. The first-order chi connectivity index (χ1) is 31.1. The molecule has 3 N–H and O–H groups in total. The first kappa shape index (κ1) is 55.1. The van der Waals surface area contributed by atoms with E-state index in [0.717, 1.165) is 30.4 Å². The normalized spacial score (nSPS) is 28.8. The predicted molar refractivity (Wildman–Crippen MR) is 261 cm³/mol. The van der Waals surface area contributed by atoms with E-state index in [9.17, 15) is 29.1 Å². The fraction of sp³-hybridized carbons (Fsp3) is 0.688. The number of hydrogen-bond acceptors (Lipinski definition) is 13. The van der Waals surface area contributed by atoms with Crippen molar-refractivity contribution in [3.8, 4) is 5.75 Å². The Morgan fingerprint density at radius 1 is 1.14 bits per heavy atom. The first-order valence-corrected chi connectivity index (χ1v) is 25.8. The quantitative estimate of drug-likeness (QED) is 0.0561. The molecule has 11 atom stereocenters. The summed E-state index contributed by atoms with van der Waals surface area (Å²) < 4.78 is 29.5. The number of halogens is 1. The van der Waals surface area contributed by atoms with Gasteiger partial charge in [0.15, 0.2) is 5.72 Å². The molecule has 4 rings (SSSR count). The molecule has 3 aliphatic rings. The molecule has 3 unspecified atom stereocenters. The van der Waals surface area contributed by atoms with Crippen molar-refractivity contribution in [2.45, 2.75) is 166 Å². The standard InChI is InChI=1S/C48H73ClN4O11S2/c1-13-28(3)23-34(14-2)50-40(54)19-18-30(5)66-65-21-20-41(55)52(9)32(7)45(57)63-39-26-42(56)53(10)35-24-33(25-36(60-11)43(35)49)22-29(4)16-15-17-38(61-12)48(59)27-37(62-46(58)51-48)31(6)44-47(39,8)64-44/h15-17,24-25,28,30-32,34,37-39,44,59H,13-14,18-23,26-27H2,1-12H3,(H,50,54)(H,51,58)/b17-15+,29-16+/t28?,30?,31-,32+,34?,37+,38-,39+,44+,47+,48+/m1/s1. The molecule has 15 nitrogen and oxygen atoms in total. The molecule has 2 saturated heterocycles. The number of esters is 1. The Hall–Kier alpha value is -3.48. The van der Waals surface area contributed by atoms with Gasteiger partial charge in [0, 0.05) is 63.4 Å². The first-order valence-electron chi connectivity index (χ1n) is 23.0. The van der Waals surface area contributed by atoms with Crippen LogP contribution in [0.3, 0.4) is 0 Å². The minimum atomic E-state index is -1.84. The summed E-state index contributed by atoms with van der Waals surface area (Å²) in [6.07, 6.45) is 5.09. The highest BCUT2D eigenvalue weighted by atomic mass is 35.5. The number of alkyl carbamates (subject to hydrolysis) is 1. The summed E-state index contributed by atoms with van der Waals surface area (Å²) in [6, 6.07) is 2.76. The second-order valence-corrected chi connectivity index (χ2v) is 21.6. The molecule has 18 heteroatoms. The van der Waals surface area contributed by atoms with Crippen LogP contribution in [0.4, 0.5) is 10.5 Å². The topological polar surface area (TPSA) is 186 Å². The Kier molecular flexibility index (Phi) is 20.6. The van der Waals surface area contributed by atoms with Gasteiger partial charge in [-0.3, -0.25) is 19.7 Å². The van der Waals surface area contributed by atoms with E-state index in [4.69, 9.17) is 35.3 Å². The maximum Gasteiger partial charge on any atom is 0.409 e. The van der Waals surface area contributed by atoms with E-state index >= 15 is 0 Å². The lowest BCUT2D eigenvalue weighted by Crippen LogP contribution is -2.63. The lowest BCUT2D eigenvalue weighted by Gasteiger charge is -2.42. The zero-order chi connectivity index (χ0) is 49.1. The number of ether oxygens (including phenoxy) is 5. The number of anilines is 1. The maximum absolute atomic E-state index is 14.3. The summed E-state index contributed by atoms with van der Waals surface area (Å²) in [5, 5.41) is 17.9. The van der Waals surface area contributed by atoms with Crippen molar-refractivity contribution in [1.29, 1.82) is 0 Å². The second-order valence-electron chi connectivity index (χ2n) is 18.3. The number of fused-ring (bicyclic) bond motifs is 5. The van der Waals surface area contributed by atoms with Crippen LogP contribution in [0.2, 0.25) is 5.02 Å². The number of aliphatic hydroxyl groups is 1. The average Bonchev–Trinajstić information content (AvgIpc) is 3.98. The Morgan fingerprint density at radius 2 is 1.85 bits per heavy atom. The highest BCUT2D eigenvalue weighted by molar-refractivity contribution is 8.76. The number of rotatable bonds is 18. The molecule has 4 bridgehead atoms. The van der Waals surface area contributed by atoms with Gasteiger partial charge < -0.3 is 43.9 Å². The number of amides is 4. The fourth-order valence-corrected chi connectivity index (χ4v) is 11.0. The van der Waals surface area contributed by atoms with Gasteiger partial charge in [0.25, 0.3) is 0 Å². The van der Waals surface area contributed by atoms with Gasteiger partial charge in [-0.15, -0.1) is 0 Å². The Labute approximate surface area is 404 Å². The van der Waals surface area contributed by atoms with E-state index in [1.54, 1.807) is 73.7 Å². The van der Waals surface area contributed by atoms with Crippen LogP contribution in [0.15, 0.2) is 35.9 Å². The number of carbonyl (C=O) groups is 5. The Morgan fingerprint density at radius 3 is 2.50 bits per heavy atom. The molecule has 1 aromatic carbocycles. The van der Waals surface area contributed by atoms with Crippen molar-refractivity contribution < 1.29 is 52.8 Å². The van der Waals surface area contributed by atoms with Crippen molar-refractivity contribution in [2.75, 3.05) is 39.0 Å². The number of benzene rings is 1. The van der Waals surface area contributed by atoms with Crippen LogP contribution in [0.5, 0.6) is 5.75 Å². The van der Waals surface area contributed by atoms with E-state index in [1.807, 2.05) is 13.0 Å². The lowest BCUT2D eigenvalue weighted by molar-refractivity contribution is -0.162. The summed E-state index contributed by atoms with van der Waals surface area (Å²) >= 11 is 6.81. The molecule has 0 spiro atoms. The summed E-state index contributed by atoms with van der Waals surface area (Å²) in [7, 11) is 9.22. The maximum atomic E-state index is 14.3. The predicted octanol–water partition coefficient (Wildman–Crippen LogP) is 7.79. The van der Waals surface area contributed by atoms with E-state index in [0.29, 0.717) is 42.4 Å². The zero-order valence-electron chi connectivity index (χ0n) is 40.8. The molecule has 0 saturated carbocycles. The molecule has 2 fully saturated rings. The van der Waals surface area contributed by atoms with Crippen LogP contribution < -0.4 is 20.3 Å². The van der Waals surface area contributed by atoms with E-state index in [-0.39, 0.29) is 47.4 Å². The van der Waals surface area contributed by atoms with Crippen LogP contribution in [-0.4, -0.2) is 127 Å². The van der Waals surface area contributed by atoms with E-state index in [1.165, 1.54) is 31.1 Å². The molecule has 66 heavy (non-hydrogen) atoms. The fourth-order valence-electron chi connectivity index (χ4n) is 8.35. The summed E-state index contributed by atoms with van der Waals surface area (Å²) in [5.41, 5.74) is -0.982. The van der Waals surface area contributed by atoms with Gasteiger partial charge in [-0.2, -0.15) is 0 Å². The molecule has 3 heterocycles. The molecule has 4 amide bonds. The van der Waals surface area contributed by atoms with Crippen molar-refractivity contribution in [3.05, 3.63) is 46.5 Å². The zero-order valence-corrected chi connectivity index (χ0v) is 43.2. The number of methoxy groups -OCH3 is 2. The third-order valence-corrected chi connectivity index (χ3v) is 16.5. The SMILES string of the molecule is CCC(C)CC(CC)NC(=O)CCC(C)SSCCC(=O)N(C)[C@@H](C)C(=O)O[C@H]1CC(=O)N(C)c2cc(cc(OC)c2Cl)C/C(C)=C/C=C/[C@@H](OC)[C@@]2(O)C[C@H](OC(=O)N2)[C@@H](C)[C@@H]2O[C@@]12C. The van der Waals surface area contributed by atoms with Crippen LogP contribution in [0, 0.1) is 11.8 Å². The number of likely N-dealkylation sites (N-methyl/N-ethyl adjacent to an activating group) is 1. The van der Waals surface area contributed by atoms with Crippen molar-refractivity contribution in [3.63, 3.8) is 0 Å². The van der Waals surface area contributed by atoms with E-state index < -0.39 is 65.7 Å². The number of hydrogen-bond donors (Lipinski definition) is 3. The summed E-state index contributed by atoms with van der Waals surface area (Å²) in [4.78, 5) is 70.1. The molecule has 0 radical (unpaired) electrons. The molecule has 0 aromatic heterocycles. The minimum absolute atomic E-state index is 0.0630. The molecule has 1 aromatic rings. The van der Waals surface area contributed by atoms with Gasteiger partial charge in [0.2, 0.25) is 17.7 Å². The highest BCUT2D eigenvalue weighted by Gasteiger charge is 2.64. The number of allylic oxidation sites excluding steroid dienone is 3. The molecule has 0 aliphatic carbocycles. The summed E-state index contributed by atoms with van der Waals surface area (Å²) in [5.74, 6) is -0.508. The molecule has 370 valence electrons. The largest absolute Gasteiger partial charge is 0.495 e. The van der Waals surface area contributed by atoms with Gasteiger partial charge in [-0.1, -0.05) is 98.0 Å². The van der Waals surface area contributed by atoms with Crippen molar-refractivity contribution in [2.24, 2.45) is 11.8 Å². The molecular formula is C48H73ClN4O11S2. The van der Waals surface area contributed by atoms with E-state index in [2.05, 4.69) is 38.3 Å². The smallest absolute Gasteiger partial charge is 0.409 e. The Balaban J connectivity index is 1.49. The highest BCUT2D eigenvalue weighted by Crippen LogP contribution is 2.49. The third-order valence-electron chi connectivity index (χ3n) is 13.2. The lowest BCUT2D eigenvalue weighted by atomic mass is 9.83. The van der Waals surface area contributed by atoms with Crippen LogP contribution in [0.25, 0.3) is 0 Å².